The number of nitriles is 1. The van der Waals surface area contributed by atoms with Gasteiger partial charge in [-0.3, -0.25) is 0 Å². The molecule has 2 rings (SSSR count). The summed E-state index contributed by atoms with van der Waals surface area (Å²) in [5.41, 5.74) is -0.0172. The van der Waals surface area contributed by atoms with Crippen molar-refractivity contribution in [1.82, 2.24) is 0 Å². The highest BCUT2D eigenvalue weighted by atomic mass is 19.4. The van der Waals surface area contributed by atoms with Crippen LogP contribution in [0.4, 0.5) is 13.2 Å². The third kappa shape index (κ3) is 3.85. The molecule has 0 aliphatic carbocycles. The van der Waals surface area contributed by atoms with Crippen molar-refractivity contribution in [3.63, 3.8) is 0 Å². The van der Waals surface area contributed by atoms with E-state index in [1.165, 1.54) is 18.2 Å². The molecule has 0 spiro atoms. The van der Waals surface area contributed by atoms with Crippen molar-refractivity contribution in [3.8, 4) is 6.07 Å². The Morgan fingerprint density at radius 2 is 1.64 bits per heavy atom. The summed E-state index contributed by atoms with van der Waals surface area (Å²) in [6.45, 7) is -0.0229. The summed E-state index contributed by atoms with van der Waals surface area (Å²) in [7, 11) is 0. The van der Waals surface area contributed by atoms with Crippen LogP contribution in [0.3, 0.4) is 0 Å². The molecule has 0 N–H and O–H groups in total. The quantitative estimate of drug-likeness (QED) is 0.633. The molecule has 0 heterocycles. The SMILES string of the molecule is N#Cc1ccccc1CO/N=[C]\c1ccccc1C(F)(F)F. The molecule has 2 aromatic carbocycles. The van der Waals surface area contributed by atoms with Crippen molar-refractivity contribution in [2.45, 2.75) is 12.8 Å². The van der Waals surface area contributed by atoms with E-state index in [1.807, 2.05) is 6.07 Å². The lowest BCUT2D eigenvalue weighted by molar-refractivity contribution is -0.137. The summed E-state index contributed by atoms with van der Waals surface area (Å²) in [5, 5.41) is 12.3. The number of hydrogen-bond acceptors (Lipinski definition) is 3. The lowest BCUT2D eigenvalue weighted by Crippen LogP contribution is -2.08. The maximum atomic E-state index is 12.8. The molecule has 0 amide bonds. The monoisotopic (exact) mass is 303 g/mol. The van der Waals surface area contributed by atoms with E-state index in [2.05, 4.69) is 11.4 Å². The molecule has 0 atom stereocenters. The smallest absolute Gasteiger partial charge is 0.390 e. The third-order valence-electron chi connectivity index (χ3n) is 2.82. The van der Waals surface area contributed by atoms with Gasteiger partial charge in [-0.2, -0.15) is 18.4 Å². The van der Waals surface area contributed by atoms with Crippen LogP contribution in [0.15, 0.2) is 53.7 Å². The molecule has 6 heteroatoms. The molecule has 0 fully saturated rings. The van der Waals surface area contributed by atoms with Gasteiger partial charge in [0.05, 0.1) is 17.2 Å². The van der Waals surface area contributed by atoms with Crippen molar-refractivity contribution in [2.75, 3.05) is 0 Å². The Hall–Kier alpha value is -2.81. The molecule has 2 aromatic rings. The first-order chi connectivity index (χ1) is 10.5. The van der Waals surface area contributed by atoms with Crippen molar-refractivity contribution < 1.29 is 18.0 Å². The normalized spacial score (nSPS) is 11.4. The van der Waals surface area contributed by atoms with Gasteiger partial charge in [0, 0.05) is 11.1 Å². The second-order valence-electron chi connectivity index (χ2n) is 4.29. The minimum absolute atomic E-state index is 0.0229. The van der Waals surface area contributed by atoms with Crippen molar-refractivity contribution in [2.24, 2.45) is 5.16 Å². The molecule has 0 aliphatic rings. The second kappa shape index (κ2) is 6.76. The Morgan fingerprint density at radius 1 is 1.00 bits per heavy atom. The fourth-order valence-corrected chi connectivity index (χ4v) is 1.77. The molecule has 0 aromatic heterocycles. The maximum absolute atomic E-state index is 12.8. The summed E-state index contributed by atoms with van der Waals surface area (Å²) in [6.07, 6.45) is -2.25. The van der Waals surface area contributed by atoms with Gasteiger partial charge >= 0.3 is 6.18 Å². The van der Waals surface area contributed by atoms with Crippen LogP contribution >= 0.6 is 0 Å². The van der Waals surface area contributed by atoms with Crippen LogP contribution in [0.2, 0.25) is 0 Å². The maximum Gasteiger partial charge on any atom is 0.417 e. The molecule has 22 heavy (non-hydrogen) atoms. The van der Waals surface area contributed by atoms with Crippen molar-refractivity contribution >= 4 is 6.21 Å². The standard InChI is InChI=1S/C16H10F3N2O/c17-16(18,19)15-8-4-3-6-13(15)10-21-22-11-14-7-2-1-5-12(14)9-20/h1-8H,11H2. The predicted octanol–water partition coefficient (Wildman–Crippen LogP) is 4.00. The zero-order valence-electron chi connectivity index (χ0n) is 11.3. The number of benzene rings is 2. The Morgan fingerprint density at radius 3 is 2.32 bits per heavy atom. The van der Waals surface area contributed by atoms with E-state index in [9.17, 15) is 13.2 Å². The molecule has 0 saturated carbocycles. The molecule has 111 valence electrons. The molecular weight excluding hydrogens is 293 g/mol. The van der Waals surface area contributed by atoms with Crippen LogP contribution in [0, 0.1) is 11.3 Å². The van der Waals surface area contributed by atoms with Gasteiger partial charge in [0.25, 0.3) is 0 Å². The van der Waals surface area contributed by atoms with E-state index in [1.54, 1.807) is 24.3 Å². The van der Waals surface area contributed by atoms with Gasteiger partial charge in [-0.1, -0.05) is 41.6 Å². The van der Waals surface area contributed by atoms with E-state index >= 15 is 0 Å². The summed E-state index contributed by atoms with van der Waals surface area (Å²) >= 11 is 0. The van der Waals surface area contributed by atoms with Gasteiger partial charge < -0.3 is 4.84 Å². The predicted molar refractivity (Wildman–Crippen MR) is 73.9 cm³/mol. The van der Waals surface area contributed by atoms with E-state index in [4.69, 9.17) is 10.1 Å². The second-order valence-corrected chi connectivity index (χ2v) is 4.29. The Labute approximate surface area is 125 Å². The van der Waals surface area contributed by atoms with Crippen LogP contribution in [0.25, 0.3) is 0 Å². The first kappa shape index (κ1) is 15.6. The minimum Gasteiger partial charge on any atom is -0.390 e. The molecule has 0 unspecified atom stereocenters. The molecule has 1 radical (unpaired) electrons. The zero-order chi connectivity index (χ0) is 16.0. The van der Waals surface area contributed by atoms with Gasteiger partial charge in [0.1, 0.15) is 12.8 Å². The van der Waals surface area contributed by atoms with Gasteiger partial charge in [-0.25, -0.2) is 0 Å². The lowest BCUT2D eigenvalue weighted by Gasteiger charge is -2.08. The molecular formula is C16H10F3N2O. The van der Waals surface area contributed by atoms with Crippen LogP contribution < -0.4 is 0 Å². The third-order valence-corrected chi connectivity index (χ3v) is 2.82. The number of rotatable bonds is 4. The van der Waals surface area contributed by atoms with Crippen molar-refractivity contribution in [1.29, 1.82) is 5.26 Å². The fraction of sp³-hybridized carbons (Fsp3) is 0.125. The van der Waals surface area contributed by atoms with Gasteiger partial charge in [-0.05, 0) is 12.1 Å². The van der Waals surface area contributed by atoms with Crippen LogP contribution in [0.5, 0.6) is 0 Å². The molecule has 0 bridgehead atoms. The Bertz CT molecular complexity index is 718. The van der Waals surface area contributed by atoms with Gasteiger partial charge in [0.15, 0.2) is 0 Å². The Balaban J connectivity index is 2.07. The molecule has 0 saturated heterocycles. The lowest BCUT2D eigenvalue weighted by atomic mass is 10.1. The summed E-state index contributed by atoms with van der Waals surface area (Å²) in [5.74, 6) is 0. The van der Waals surface area contributed by atoms with E-state index in [0.717, 1.165) is 6.07 Å². The van der Waals surface area contributed by atoms with Crippen LogP contribution in [-0.4, -0.2) is 6.21 Å². The van der Waals surface area contributed by atoms with Crippen molar-refractivity contribution in [3.05, 3.63) is 70.8 Å². The van der Waals surface area contributed by atoms with E-state index < -0.39 is 11.7 Å². The highest BCUT2D eigenvalue weighted by Gasteiger charge is 2.32. The summed E-state index contributed by atoms with van der Waals surface area (Å²) in [4.78, 5) is 4.93. The van der Waals surface area contributed by atoms with Crippen LogP contribution in [0.1, 0.15) is 22.3 Å². The number of hydrogen-bond donors (Lipinski definition) is 0. The molecule has 0 aliphatic heterocycles. The highest BCUT2D eigenvalue weighted by Crippen LogP contribution is 2.31. The topological polar surface area (TPSA) is 45.4 Å². The molecule has 3 nitrogen and oxygen atoms in total. The average Bonchev–Trinajstić information content (AvgIpc) is 2.51. The summed E-state index contributed by atoms with van der Waals surface area (Å²) in [6, 6.07) is 13.7. The largest absolute Gasteiger partial charge is 0.417 e. The minimum atomic E-state index is -4.48. The number of alkyl halides is 3. The highest BCUT2D eigenvalue weighted by molar-refractivity contribution is 5.81. The number of nitrogens with zero attached hydrogens (tertiary/aromatic N) is 2. The van der Waals surface area contributed by atoms with Gasteiger partial charge in [-0.15, -0.1) is 0 Å². The average molecular weight is 303 g/mol. The first-order valence-corrected chi connectivity index (χ1v) is 6.24. The van der Waals surface area contributed by atoms with E-state index in [-0.39, 0.29) is 12.2 Å². The first-order valence-electron chi connectivity index (χ1n) is 6.24. The van der Waals surface area contributed by atoms with E-state index in [0.29, 0.717) is 11.1 Å². The fourth-order valence-electron chi connectivity index (χ4n) is 1.77. The zero-order valence-corrected chi connectivity index (χ0v) is 11.3. The number of halogens is 3. The van der Waals surface area contributed by atoms with Crippen LogP contribution in [-0.2, 0) is 17.6 Å². The van der Waals surface area contributed by atoms with Gasteiger partial charge in [0.2, 0.25) is 0 Å². The summed E-state index contributed by atoms with van der Waals surface area (Å²) < 4.78 is 38.3. The Kier molecular flexibility index (Phi) is 4.79.